The number of allylic oxidation sites excluding steroid dienone is 6. The van der Waals surface area contributed by atoms with Crippen molar-refractivity contribution in [3.05, 3.63) is 36.5 Å². The van der Waals surface area contributed by atoms with Crippen molar-refractivity contribution in [2.45, 2.75) is 322 Å². The van der Waals surface area contributed by atoms with Gasteiger partial charge in [0.05, 0.1) is 0 Å². The van der Waals surface area contributed by atoms with E-state index in [-0.39, 0.29) is 31.1 Å². The standard InChI is InChI=1S/C61H112O6/c1-4-7-10-13-16-18-20-22-24-25-26-27-28-29-30-31-32-33-34-35-37-38-40-42-45-48-51-54-60(63)66-57-58(56-65-59(62)53-50-47-44-15-12-9-6-3)67-61(64)55-52-49-46-43-41-39-36-23-21-19-17-14-11-8-5-2/h20,22,25-26,28-29,58H,4-19,21,23-24,27,30-57H2,1-3H3/b22-20-,26-25-,29-28-. The van der Waals surface area contributed by atoms with E-state index in [1.54, 1.807) is 0 Å². The van der Waals surface area contributed by atoms with Gasteiger partial charge in [-0.15, -0.1) is 0 Å². The van der Waals surface area contributed by atoms with Gasteiger partial charge in [-0.3, -0.25) is 14.4 Å². The van der Waals surface area contributed by atoms with E-state index >= 15 is 0 Å². The molecule has 392 valence electrons. The first-order valence-electron chi connectivity index (χ1n) is 29.5. The van der Waals surface area contributed by atoms with E-state index in [2.05, 4.69) is 57.2 Å². The van der Waals surface area contributed by atoms with Gasteiger partial charge in [0.15, 0.2) is 6.10 Å². The van der Waals surface area contributed by atoms with Gasteiger partial charge in [-0.2, -0.15) is 0 Å². The fourth-order valence-corrected chi connectivity index (χ4v) is 8.69. The van der Waals surface area contributed by atoms with Crippen LogP contribution in [-0.4, -0.2) is 37.2 Å². The molecule has 0 bridgehead atoms. The van der Waals surface area contributed by atoms with Crippen LogP contribution in [0, 0.1) is 0 Å². The summed E-state index contributed by atoms with van der Waals surface area (Å²) in [6, 6.07) is 0. The Kier molecular flexibility index (Phi) is 54.2. The zero-order chi connectivity index (χ0) is 48.6. The predicted octanol–water partition coefficient (Wildman–Crippen LogP) is 19.7. The maximum absolute atomic E-state index is 12.8. The molecule has 0 spiro atoms. The van der Waals surface area contributed by atoms with Gasteiger partial charge >= 0.3 is 17.9 Å². The third kappa shape index (κ3) is 54.4. The first-order chi connectivity index (χ1) is 33.0. The van der Waals surface area contributed by atoms with Crippen molar-refractivity contribution in [1.29, 1.82) is 0 Å². The summed E-state index contributed by atoms with van der Waals surface area (Å²) in [5.41, 5.74) is 0. The van der Waals surface area contributed by atoms with Crippen molar-refractivity contribution in [2.24, 2.45) is 0 Å². The summed E-state index contributed by atoms with van der Waals surface area (Å²) in [7, 11) is 0. The number of rotatable bonds is 54. The number of carbonyl (C=O) groups excluding carboxylic acids is 3. The average molecular weight is 942 g/mol. The topological polar surface area (TPSA) is 78.9 Å². The Morgan fingerprint density at radius 3 is 0.836 bits per heavy atom. The number of ether oxygens (including phenoxy) is 3. The van der Waals surface area contributed by atoms with Crippen LogP contribution >= 0.6 is 0 Å². The van der Waals surface area contributed by atoms with Crippen LogP contribution in [-0.2, 0) is 28.6 Å². The van der Waals surface area contributed by atoms with Crippen LogP contribution in [0.5, 0.6) is 0 Å². The third-order valence-corrected chi connectivity index (χ3v) is 13.1. The van der Waals surface area contributed by atoms with Crippen LogP contribution in [0.15, 0.2) is 36.5 Å². The van der Waals surface area contributed by atoms with Crippen LogP contribution in [0.4, 0.5) is 0 Å². The van der Waals surface area contributed by atoms with Gasteiger partial charge in [-0.05, 0) is 57.8 Å². The minimum absolute atomic E-state index is 0.0683. The van der Waals surface area contributed by atoms with E-state index in [4.69, 9.17) is 14.2 Å². The molecule has 0 aromatic rings. The quantitative estimate of drug-likeness (QED) is 0.0262. The molecule has 6 heteroatoms. The van der Waals surface area contributed by atoms with Crippen molar-refractivity contribution in [3.8, 4) is 0 Å². The summed E-state index contributed by atoms with van der Waals surface area (Å²) in [6.07, 6.45) is 67.4. The normalized spacial score (nSPS) is 12.2. The Balaban J connectivity index is 4.09. The van der Waals surface area contributed by atoms with Gasteiger partial charge in [0.25, 0.3) is 0 Å². The number of esters is 3. The molecule has 0 heterocycles. The molecule has 0 radical (unpaired) electrons. The molecule has 0 amide bonds. The molecule has 0 saturated carbocycles. The van der Waals surface area contributed by atoms with Crippen molar-refractivity contribution < 1.29 is 28.6 Å². The molecular formula is C61H112O6. The van der Waals surface area contributed by atoms with Gasteiger partial charge in [0, 0.05) is 19.3 Å². The average Bonchev–Trinajstić information content (AvgIpc) is 3.33. The molecule has 0 aromatic carbocycles. The molecular weight excluding hydrogens is 829 g/mol. The second-order valence-electron chi connectivity index (χ2n) is 19.9. The summed E-state index contributed by atoms with van der Waals surface area (Å²) in [4.78, 5) is 37.9. The summed E-state index contributed by atoms with van der Waals surface area (Å²) in [5.74, 6) is -0.860. The smallest absolute Gasteiger partial charge is 0.306 e. The zero-order valence-corrected chi connectivity index (χ0v) is 44.9. The Morgan fingerprint density at radius 1 is 0.299 bits per heavy atom. The molecule has 1 atom stereocenters. The molecule has 0 aliphatic rings. The van der Waals surface area contributed by atoms with Crippen LogP contribution in [0.25, 0.3) is 0 Å². The van der Waals surface area contributed by atoms with E-state index in [1.165, 1.54) is 205 Å². The van der Waals surface area contributed by atoms with Crippen molar-refractivity contribution in [2.75, 3.05) is 13.2 Å². The highest BCUT2D eigenvalue weighted by Crippen LogP contribution is 2.17. The molecule has 0 saturated heterocycles. The SMILES string of the molecule is CCCCCCC/C=C\C/C=C\C/C=C\CCCCCCCCCCCCCCC(=O)OCC(COC(=O)CCCCCCCCC)OC(=O)CCCCCCCCCCCCCCCCC. The molecule has 0 aliphatic carbocycles. The molecule has 6 nitrogen and oxygen atoms in total. The van der Waals surface area contributed by atoms with E-state index < -0.39 is 6.10 Å². The molecule has 0 aromatic heterocycles. The number of unbranched alkanes of at least 4 members (excludes halogenated alkanes) is 37. The van der Waals surface area contributed by atoms with Crippen molar-refractivity contribution in [3.63, 3.8) is 0 Å². The molecule has 1 unspecified atom stereocenters. The highest BCUT2D eigenvalue weighted by Gasteiger charge is 2.19. The number of carbonyl (C=O) groups is 3. The van der Waals surface area contributed by atoms with Gasteiger partial charge in [-0.25, -0.2) is 0 Å². The van der Waals surface area contributed by atoms with E-state index in [1.807, 2.05) is 0 Å². The Hall–Kier alpha value is -2.37. The molecule has 67 heavy (non-hydrogen) atoms. The summed E-state index contributed by atoms with van der Waals surface area (Å²) in [5, 5.41) is 0. The highest BCUT2D eigenvalue weighted by atomic mass is 16.6. The lowest BCUT2D eigenvalue weighted by Gasteiger charge is -2.18. The monoisotopic (exact) mass is 941 g/mol. The van der Waals surface area contributed by atoms with Crippen LogP contribution in [0.2, 0.25) is 0 Å². The van der Waals surface area contributed by atoms with Gasteiger partial charge < -0.3 is 14.2 Å². The lowest BCUT2D eigenvalue weighted by atomic mass is 10.0. The third-order valence-electron chi connectivity index (χ3n) is 13.1. The van der Waals surface area contributed by atoms with E-state index in [0.29, 0.717) is 19.3 Å². The zero-order valence-electron chi connectivity index (χ0n) is 44.9. The van der Waals surface area contributed by atoms with E-state index in [0.717, 1.165) is 70.6 Å². The van der Waals surface area contributed by atoms with Crippen molar-refractivity contribution in [1.82, 2.24) is 0 Å². The number of hydrogen-bond acceptors (Lipinski definition) is 6. The lowest BCUT2D eigenvalue weighted by molar-refractivity contribution is -0.167. The predicted molar refractivity (Wildman–Crippen MR) is 289 cm³/mol. The maximum Gasteiger partial charge on any atom is 0.306 e. The fourth-order valence-electron chi connectivity index (χ4n) is 8.69. The minimum atomic E-state index is -0.766. The van der Waals surface area contributed by atoms with Crippen LogP contribution in [0.1, 0.15) is 316 Å². The fraction of sp³-hybridized carbons (Fsp3) is 0.852. The molecule has 0 rings (SSSR count). The Bertz CT molecular complexity index is 1130. The van der Waals surface area contributed by atoms with Crippen LogP contribution in [0.3, 0.4) is 0 Å². The van der Waals surface area contributed by atoms with Crippen molar-refractivity contribution >= 4 is 17.9 Å². The Morgan fingerprint density at radius 2 is 0.537 bits per heavy atom. The lowest BCUT2D eigenvalue weighted by Crippen LogP contribution is -2.30. The second kappa shape index (κ2) is 56.2. The molecule has 0 N–H and O–H groups in total. The largest absolute Gasteiger partial charge is 0.462 e. The Labute approximate surface area is 416 Å². The molecule has 0 fully saturated rings. The van der Waals surface area contributed by atoms with Gasteiger partial charge in [-0.1, -0.05) is 276 Å². The van der Waals surface area contributed by atoms with E-state index in [9.17, 15) is 14.4 Å². The van der Waals surface area contributed by atoms with Gasteiger partial charge in [0.2, 0.25) is 0 Å². The second-order valence-corrected chi connectivity index (χ2v) is 19.9. The summed E-state index contributed by atoms with van der Waals surface area (Å²) < 4.78 is 16.8. The summed E-state index contributed by atoms with van der Waals surface area (Å²) >= 11 is 0. The molecule has 0 aliphatic heterocycles. The first-order valence-corrected chi connectivity index (χ1v) is 29.5. The minimum Gasteiger partial charge on any atom is -0.462 e. The number of hydrogen-bond donors (Lipinski definition) is 0. The summed E-state index contributed by atoms with van der Waals surface area (Å²) in [6.45, 7) is 6.62. The van der Waals surface area contributed by atoms with Gasteiger partial charge in [0.1, 0.15) is 13.2 Å². The van der Waals surface area contributed by atoms with Crippen LogP contribution < -0.4 is 0 Å². The maximum atomic E-state index is 12.8. The highest BCUT2D eigenvalue weighted by molar-refractivity contribution is 5.71. The first kappa shape index (κ1) is 64.6.